The van der Waals surface area contributed by atoms with Crippen LogP contribution in [-0.4, -0.2) is 44.5 Å². The van der Waals surface area contributed by atoms with Gasteiger partial charge < -0.3 is 15.0 Å². The minimum Gasteiger partial charge on any atom is -0.430 e. The summed E-state index contributed by atoms with van der Waals surface area (Å²) in [5.41, 5.74) is 3.35. The van der Waals surface area contributed by atoms with Crippen LogP contribution < -0.4 is 15.5 Å². The average molecular weight is 564 g/mol. The number of halogens is 2. The molecule has 4 rings (SSSR count). The Balaban J connectivity index is 1.37. The van der Waals surface area contributed by atoms with E-state index in [2.05, 4.69) is 34.4 Å². The number of carbonyl (C=O) groups excluding carboxylic acids is 2. The molecule has 1 aliphatic heterocycles. The predicted molar refractivity (Wildman–Crippen MR) is 154 cm³/mol. The molecular weight excluding hydrogens is 523 g/mol. The van der Waals surface area contributed by atoms with Crippen molar-refractivity contribution in [3.05, 3.63) is 39.1 Å². The van der Waals surface area contributed by atoms with E-state index < -0.39 is 11.8 Å². The molecule has 1 aromatic carbocycles. The summed E-state index contributed by atoms with van der Waals surface area (Å²) in [6.45, 7) is 7.82. The van der Waals surface area contributed by atoms with Crippen molar-refractivity contribution in [2.75, 3.05) is 25.0 Å². The van der Waals surface area contributed by atoms with Crippen LogP contribution in [0.4, 0.5) is 5.69 Å². The molecule has 9 heteroatoms. The Labute approximate surface area is 236 Å². The van der Waals surface area contributed by atoms with Gasteiger partial charge >= 0.3 is 0 Å². The standard InChI is InChI=1S/C29H40Cl2N4O3/c1-5-8-22(27(37)33-17-36)25-23(30)11-21(12-24(25)31)35-15-20(16-35)34-28(32-4)38-26(18(3)6-2)19-13-29(14-19)9-7-10-29/h11-12,17,19-20,22H,5-10,13-16H2,1-4H3,(H,32,34)(H,33,36,37). The van der Waals surface area contributed by atoms with Gasteiger partial charge in [-0.15, -0.1) is 0 Å². The molecule has 1 heterocycles. The predicted octanol–water partition coefficient (Wildman–Crippen LogP) is 6.19. The number of carbonyl (C=O) groups is 2. The molecule has 1 saturated heterocycles. The molecule has 1 spiro atoms. The molecule has 208 valence electrons. The normalized spacial score (nSPS) is 20.6. The van der Waals surface area contributed by atoms with Gasteiger partial charge in [-0.25, -0.2) is 4.99 Å². The van der Waals surface area contributed by atoms with Gasteiger partial charge in [0, 0.05) is 47.4 Å². The zero-order valence-corrected chi connectivity index (χ0v) is 24.4. The topological polar surface area (TPSA) is 83.0 Å². The van der Waals surface area contributed by atoms with Crippen molar-refractivity contribution in [2.24, 2.45) is 16.3 Å². The SMILES string of the molecule is CCCC(C(=O)NC=O)c1c(Cl)cc(N2CC(NC(=NC)OC(=C(C)CC)C3CC4(CCC4)C3)C2)cc1Cl. The molecule has 0 aromatic heterocycles. The van der Waals surface area contributed by atoms with Crippen molar-refractivity contribution in [2.45, 2.75) is 84.1 Å². The fraction of sp³-hybridized carbons (Fsp3) is 0.621. The van der Waals surface area contributed by atoms with Crippen LogP contribution in [0.15, 0.2) is 28.5 Å². The molecule has 0 bridgehead atoms. The minimum atomic E-state index is -0.575. The molecule has 38 heavy (non-hydrogen) atoms. The Morgan fingerprint density at radius 1 is 1.24 bits per heavy atom. The number of hydrogen-bond donors (Lipinski definition) is 2. The lowest BCUT2D eigenvalue weighted by molar-refractivity contribution is -0.126. The van der Waals surface area contributed by atoms with Crippen LogP contribution in [0.3, 0.4) is 0 Å². The number of rotatable bonds is 10. The third kappa shape index (κ3) is 5.99. The number of anilines is 1. The number of allylic oxidation sites excluding steroid dienone is 2. The number of imide groups is 1. The average Bonchev–Trinajstić information content (AvgIpc) is 2.80. The van der Waals surface area contributed by atoms with Crippen LogP contribution >= 0.6 is 23.2 Å². The highest BCUT2D eigenvalue weighted by Crippen LogP contribution is 2.60. The maximum atomic E-state index is 12.4. The third-order valence-electron chi connectivity index (χ3n) is 8.59. The van der Waals surface area contributed by atoms with Crippen LogP contribution in [0.2, 0.25) is 10.0 Å². The van der Waals surface area contributed by atoms with Crippen molar-refractivity contribution in [3.8, 4) is 0 Å². The van der Waals surface area contributed by atoms with Gasteiger partial charge in [-0.3, -0.25) is 14.9 Å². The summed E-state index contributed by atoms with van der Waals surface area (Å²) >= 11 is 13.2. The fourth-order valence-corrected chi connectivity index (χ4v) is 6.83. The van der Waals surface area contributed by atoms with E-state index >= 15 is 0 Å². The van der Waals surface area contributed by atoms with E-state index in [-0.39, 0.29) is 6.04 Å². The first-order chi connectivity index (χ1) is 18.2. The Hall–Kier alpha value is -2.25. The van der Waals surface area contributed by atoms with Gasteiger partial charge in [0.2, 0.25) is 12.3 Å². The molecule has 1 atom stereocenters. The Morgan fingerprint density at radius 3 is 2.39 bits per heavy atom. The number of ether oxygens (including phenoxy) is 1. The lowest BCUT2D eigenvalue weighted by Crippen LogP contribution is -2.60. The summed E-state index contributed by atoms with van der Waals surface area (Å²) < 4.78 is 6.41. The summed E-state index contributed by atoms with van der Waals surface area (Å²) in [5, 5.41) is 6.56. The van der Waals surface area contributed by atoms with Crippen molar-refractivity contribution in [3.63, 3.8) is 0 Å². The van der Waals surface area contributed by atoms with E-state index in [4.69, 9.17) is 27.9 Å². The first-order valence-electron chi connectivity index (χ1n) is 13.8. The zero-order valence-electron chi connectivity index (χ0n) is 22.9. The van der Waals surface area contributed by atoms with Gasteiger partial charge in [-0.05, 0) is 68.6 Å². The van der Waals surface area contributed by atoms with Gasteiger partial charge in [0.1, 0.15) is 5.76 Å². The number of aliphatic imine (C=N–C) groups is 1. The maximum absolute atomic E-state index is 12.4. The van der Waals surface area contributed by atoms with Crippen LogP contribution in [0.5, 0.6) is 0 Å². The molecule has 7 nitrogen and oxygen atoms in total. The summed E-state index contributed by atoms with van der Waals surface area (Å²) in [6, 6.07) is 4.45. The molecular formula is C29H40Cl2N4O3. The number of hydrogen-bond acceptors (Lipinski definition) is 5. The quantitative estimate of drug-likeness (QED) is 0.153. The molecule has 0 radical (unpaired) electrons. The number of nitrogens with zero attached hydrogens (tertiary/aromatic N) is 2. The second kappa shape index (κ2) is 12.3. The van der Waals surface area contributed by atoms with E-state index in [1.54, 1.807) is 7.05 Å². The smallest absolute Gasteiger partial charge is 0.289 e. The number of benzene rings is 1. The second-order valence-corrected chi connectivity index (χ2v) is 11.9. The highest BCUT2D eigenvalue weighted by atomic mass is 35.5. The van der Waals surface area contributed by atoms with E-state index in [0.717, 1.165) is 37.4 Å². The van der Waals surface area contributed by atoms with E-state index in [1.807, 2.05) is 19.1 Å². The van der Waals surface area contributed by atoms with E-state index in [0.29, 0.717) is 45.8 Å². The third-order valence-corrected chi connectivity index (χ3v) is 9.21. The zero-order chi connectivity index (χ0) is 27.4. The minimum absolute atomic E-state index is 0.180. The molecule has 1 aromatic rings. The van der Waals surface area contributed by atoms with Crippen molar-refractivity contribution in [1.82, 2.24) is 10.6 Å². The van der Waals surface area contributed by atoms with Gasteiger partial charge in [-0.2, -0.15) is 0 Å². The second-order valence-electron chi connectivity index (χ2n) is 11.1. The van der Waals surface area contributed by atoms with Crippen molar-refractivity contribution >= 4 is 47.2 Å². The van der Waals surface area contributed by atoms with Gasteiger partial charge in [0.05, 0.1) is 12.0 Å². The molecule has 2 aliphatic carbocycles. The number of nitrogens with one attached hydrogen (secondary N) is 2. The first kappa shape index (κ1) is 28.8. The molecule has 1 unspecified atom stereocenters. The first-order valence-corrected chi connectivity index (χ1v) is 14.6. The highest BCUT2D eigenvalue weighted by molar-refractivity contribution is 6.37. The van der Waals surface area contributed by atoms with Crippen LogP contribution in [0.25, 0.3) is 0 Å². The maximum Gasteiger partial charge on any atom is 0.289 e. The Bertz CT molecular complexity index is 1080. The lowest BCUT2D eigenvalue weighted by atomic mass is 9.51. The number of amidine groups is 1. The molecule has 2 saturated carbocycles. The van der Waals surface area contributed by atoms with Crippen LogP contribution in [0.1, 0.15) is 83.6 Å². The summed E-state index contributed by atoms with van der Waals surface area (Å²) in [6.07, 6.45) is 9.25. The Kier molecular flexibility index (Phi) is 9.30. The van der Waals surface area contributed by atoms with Crippen molar-refractivity contribution < 1.29 is 14.3 Å². The van der Waals surface area contributed by atoms with Crippen molar-refractivity contribution in [1.29, 1.82) is 0 Å². The van der Waals surface area contributed by atoms with E-state index in [9.17, 15) is 9.59 Å². The summed E-state index contributed by atoms with van der Waals surface area (Å²) in [4.78, 5) is 29.8. The summed E-state index contributed by atoms with van der Waals surface area (Å²) in [5.74, 6) is 0.631. The highest BCUT2D eigenvalue weighted by Gasteiger charge is 2.50. The Morgan fingerprint density at radius 2 is 1.89 bits per heavy atom. The summed E-state index contributed by atoms with van der Waals surface area (Å²) in [7, 11) is 1.76. The largest absolute Gasteiger partial charge is 0.430 e. The van der Waals surface area contributed by atoms with Gasteiger partial charge in [-0.1, -0.05) is 49.9 Å². The van der Waals surface area contributed by atoms with Gasteiger partial charge in [0.25, 0.3) is 6.02 Å². The fourth-order valence-electron chi connectivity index (χ4n) is 6.09. The number of amides is 2. The molecule has 2 amide bonds. The lowest BCUT2D eigenvalue weighted by Gasteiger charge is -2.54. The van der Waals surface area contributed by atoms with Crippen LogP contribution in [0, 0.1) is 11.3 Å². The molecule has 3 fully saturated rings. The van der Waals surface area contributed by atoms with Gasteiger partial charge in [0.15, 0.2) is 0 Å². The molecule has 2 N–H and O–H groups in total. The van der Waals surface area contributed by atoms with E-state index in [1.165, 1.54) is 37.7 Å². The monoisotopic (exact) mass is 562 g/mol. The van der Waals surface area contributed by atoms with Crippen LogP contribution in [-0.2, 0) is 14.3 Å². The molecule has 3 aliphatic rings.